The molecule has 0 radical (unpaired) electrons. The van der Waals surface area contributed by atoms with Gasteiger partial charge in [0.05, 0.1) is 11.1 Å². The Morgan fingerprint density at radius 2 is 2.06 bits per heavy atom. The van der Waals surface area contributed by atoms with Crippen LogP contribution in [0.5, 0.6) is 0 Å². The van der Waals surface area contributed by atoms with E-state index in [2.05, 4.69) is 22.0 Å². The predicted molar refractivity (Wildman–Crippen MR) is 70.8 cm³/mol. The lowest BCUT2D eigenvalue weighted by atomic mass is 9.90. The number of hydrogen-bond donors (Lipinski definition) is 0. The monoisotopic (exact) mass is 286 g/mol. The molecular formula is C14H11BrN2. The first-order valence-corrected chi connectivity index (χ1v) is 6.60. The van der Waals surface area contributed by atoms with Gasteiger partial charge in [-0.2, -0.15) is 5.26 Å². The summed E-state index contributed by atoms with van der Waals surface area (Å²) in [6.07, 6.45) is 4.36. The summed E-state index contributed by atoms with van der Waals surface area (Å²) in [7, 11) is 0. The molecule has 3 heteroatoms. The molecule has 0 saturated heterocycles. The van der Waals surface area contributed by atoms with Gasteiger partial charge in [0.1, 0.15) is 6.07 Å². The molecule has 17 heavy (non-hydrogen) atoms. The molecule has 0 saturated carbocycles. The number of rotatable bonds is 0. The Kier molecular flexibility index (Phi) is 2.60. The SMILES string of the molecule is N#Cc1c2c(nc3ccc(Br)cc13)CCCC2. The minimum Gasteiger partial charge on any atom is -0.252 e. The first-order valence-electron chi connectivity index (χ1n) is 5.80. The van der Waals surface area contributed by atoms with E-state index in [1.54, 1.807) is 0 Å². The van der Waals surface area contributed by atoms with Gasteiger partial charge in [-0.05, 0) is 49.4 Å². The average molecular weight is 287 g/mol. The summed E-state index contributed by atoms with van der Waals surface area (Å²) in [4.78, 5) is 4.69. The van der Waals surface area contributed by atoms with Gasteiger partial charge in [0, 0.05) is 15.6 Å². The van der Waals surface area contributed by atoms with Gasteiger partial charge in [-0.25, -0.2) is 0 Å². The van der Waals surface area contributed by atoms with E-state index < -0.39 is 0 Å². The van der Waals surface area contributed by atoms with Crippen LogP contribution in [0.4, 0.5) is 0 Å². The largest absolute Gasteiger partial charge is 0.252 e. The topological polar surface area (TPSA) is 36.7 Å². The number of hydrogen-bond acceptors (Lipinski definition) is 2. The van der Waals surface area contributed by atoms with Crippen LogP contribution in [0, 0.1) is 11.3 Å². The summed E-state index contributed by atoms with van der Waals surface area (Å²) in [6.45, 7) is 0. The molecule has 0 aliphatic heterocycles. The molecule has 0 amide bonds. The van der Waals surface area contributed by atoms with Crippen molar-refractivity contribution in [1.82, 2.24) is 4.98 Å². The Bertz CT molecular complexity index is 641. The zero-order chi connectivity index (χ0) is 11.8. The third-order valence-corrected chi connectivity index (χ3v) is 3.83. The summed E-state index contributed by atoms with van der Waals surface area (Å²) in [5.41, 5.74) is 4.06. The second kappa shape index (κ2) is 4.12. The molecule has 0 spiro atoms. The first kappa shape index (κ1) is 10.7. The molecule has 84 valence electrons. The number of pyridine rings is 1. The van der Waals surface area contributed by atoms with Gasteiger partial charge in [-0.15, -0.1) is 0 Å². The second-order valence-electron chi connectivity index (χ2n) is 4.39. The lowest BCUT2D eigenvalue weighted by Gasteiger charge is -2.17. The van der Waals surface area contributed by atoms with Crippen molar-refractivity contribution in [3.8, 4) is 6.07 Å². The van der Waals surface area contributed by atoms with Crippen molar-refractivity contribution in [1.29, 1.82) is 5.26 Å². The van der Waals surface area contributed by atoms with Crippen molar-refractivity contribution < 1.29 is 0 Å². The van der Waals surface area contributed by atoms with Gasteiger partial charge < -0.3 is 0 Å². The van der Waals surface area contributed by atoms with Crippen molar-refractivity contribution in [2.75, 3.05) is 0 Å². The van der Waals surface area contributed by atoms with Crippen LogP contribution in [0.1, 0.15) is 29.7 Å². The van der Waals surface area contributed by atoms with Crippen molar-refractivity contribution in [3.63, 3.8) is 0 Å². The molecule has 0 bridgehead atoms. The van der Waals surface area contributed by atoms with E-state index in [0.29, 0.717) is 0 Å². The molecule has 0 unspecified atom stereocenters. The number of nitrogens with zero attached hydrogens (tertiary/aromatic N) is 2. The molecule has 1 aromatic heterocycles. The van der Waals surface area contributed by atoms with Gasteiger partial charge >= 0.3 is 0 Å². The summed E-state index contributed by atoms with van der Waals surface area (Å²) in [5, 5.41) is 10.4. The predicted octanol–water partition coefficient (Wildman–Crippen LogP) is 3.75. The summed E-state index contributed by atoms with van der Waals surface area (Å²) in [5.74, 6) is 0. The zero-order valence-electron chi connectivity index (χ0n) is 9.33. The maximum Gasteiger partial charge on any atom is 0.100 e. The van der Waals surface area contributed by atoms with Gasteiger partial charge in [0.15, 0.2) is 0 Å². The normalized spacial score (nSPS) is 14.4. The number of nitriles is 1. The minimum absolute atomic E-state index is 0.825. The molecule has 0 fully saturated rings. The van der Waals surface area contributed by atoms with Crippen LogP contribution in [0.25, 0.3) is 10.9 Å². The molecule has 1 aliphatic carbocycles. The van der Waals surface area contributed by atoms with Crippen LogP contribution in [0.2, 0.25) is 0 Å². The second-order valence-corrected chi connectivity index (χ2v) is 5.31. The highest BCUT2D eigenvalue weighted by atomic mass is 79.9. The number of aromatic nitrogens is 1. The fourth-order valence-electron chi connectivity index (χ4n) is 2.52. The highest BCUT2D eigenvalue weighted by Gasteiger charge is 2.17. The lowest BCUT2D eigenvalue weighted by Crippen LogP contribution is -2.08. The molecule has 1 aromatic carbocycles. The van der Waals surface area contributed by atoms with E-state index in [0.717, 1.165) is 39.5 Å². The van der Waals surface area contributed by atoms with Crippen LogP contribution in [-0.4, -0.2) is 4.98 Å². The van der Waals surface area contributed by atoms with E-state index in [9.17, 15) is 5.26 Å². The quantitative estimate of drug-likeness (QED) is 0.740. The smallest absolute Gasteiger partial charge is 0.100 e. The summed E-state index contributed by atoms with van der Waals surface area (Å²) >= 11 is 3.45. The third-order valence-electron chi connectivity index (χ3n) is 3.34. The van der Waals surface area contributed by atoms with Crippen LogP contribution >= 0.6 is 15.9 Å². The number of halogens is 1. The van der Waals surface area contributed by atoms with E-state index in [-0.39, 0.29) is 0 Å². The van der Waals surface area contributed by atoms with Crippen molar-refractivity contribution in [2.45, 2.75) is 25.7 Å². The molecule has 2 nitrogen and oxygen atoms in total. The molecule has 0 N–H and O–H groups in total. The number of aryl methyl sites for hydroxylation is 1. The molecule has 0 atom stereocenters. The summed E-state index contributed by atoms with van der Waals surface area (Å²) < 4.78 is 0.999. The molecule has 2 aromatic rings. The van der Waals surface area contributed by atoms with Gasteiger partial charge in [-0.3, -0.25) is 4.98 Å². The Morgan fingerprint density at radius 3 is 2.88 bits per heavy atom. The minimum atomic E-state index is 0.825. The Morgan fingerprint density at radius 1 is 1.24 bits per heavy atom. The van der Waals surface area contributed by atoms with Crippen LogP contribution in [0.15, 0.2) is 22.7 Å². The maximum absolute atomic E-state index is 9.39. The molecule has 1 aliphatic rings. The first-order chi connectivity index (χ1) is 8.29. The van der Waals surface area contributed by atoms with Gasteiger partial charge in [0.2, 0.25) is 0 Å². The van der Waals surface area contributed by atoms with Gasteiger partial charge in [-0.1, -0.05) is 15.9 Å². The molecular weight excluding hydrogens is 276 g/mol. The van der Waals surface area contributed by atoms with E-state index in [1.165, 1.54) is 18.4 Å². The lowest BCUT2D eigenvalue weighted by molar-refractivity contribution is 0.670. The van der Waals surface area contributed by atoms with Crippen molar-refractivity contribution in [3.05, 3.63) is 39.5 Å². The van der Waals surface area contributed by atoms with Crippen LogP contribution in [-0.2, 0) is 12.8 Å². The fraction of sp³-hybridized carbons (Fsp3) is 0.286. The van der Waals surface area contributed by atoms with Crippen molar-refractivity contribution >= 4 is 26.8 Å². The maximum atomic E-state index is 9.39. The fourth-order valence-corrected chi connectivity index (χ4v) is 2.88. The molecule has 3 rings (SSSR count). The van der Waals surface area contributed by atoms with Crippen LogP contribution in [0.3, 0.4) is 0 Å². The standard InChI is InChI=1S/C14H11BrN2/c15-9-5-6-14-11(7-9)12(8-16)10-3-1-2-4-13(10)17-14/h5-7H,1-4H2. The van der Waals surface area contributed by atoms with E-state index in [1.807, 2.05) is 18.2 Å². The molecule has 1 heterocycles. The van der Waals surface area contributed by atoms with Crippen LogP contribution < -0.4 is 0 Å². The van der Waals surface area contributed by atoms with Crippen molar-refractivity contribution in [2.24, 2.45) is 0 Å². The number of benzene rings is 1. The number of fused-ring (bicyclic) bond motifs is 2. The Hall–Kier alpha value is -1.40. The highest BCUT2D eigenvalue weighted by Crippen LogP contribution is 2.30. The summed E-state index contributed by atoms with van der Waals surface area (Å²) in [6, 6.07) is 8.32. The Balaban J connectivity index is 2.40. The van der Waals surface area contributed by atoms with Gasteiger partial charge in [0.25, 0.3) is 0 Å². The average Bonchev–Trinajstić information content (AvgIpc) is 2.36. The highest BCUT2D eigenvalue weighted by molar-refractivity contribution is 9.10. The van der Waals surface area contributed by atoms with E-state index >= 15 is 0 Å². The Labute approximate surface area is 108 Å². The third kappa shape index (κ3) is 1.73. The van der Waals surface area contributed by atoms with E-state index in [4.69, 9.17) is 4.98 Å². The zero-order valence-corrected chi connectivity index (χ0v) is 10.9.